The minimum atomic E-state index is -0.515. The van der Waals surface area contributed by atoms with E-state index in [1.165, 1.54) is 11.3 Å². The summed E-state index contributed by atoms with van der Waals surface area (Å²) >= 11 is 1.24. The van der Waals surface area contributed by atoms with Gasteiger partial charge in [0.1, 0.15) is 0 Å². The highest BCUT2D eigenvalue weighted by molar-refractivity contribution is 7.18. The lowest BCUT2D eigenvalue weighted by Gasteiger charge is -2.06. The predicted molar refractivity (Wildman–Crippen MR) is 72.7 cm³/mol. The van der Waals surface area contributed by atoms with Gasteiger partial charge in [-0.2, -0.15) is 0 Å². The van der Waals surface area contributed by atoms with Gasteiger partial charge < -0.3 is 5.32 Å². The second-order valence-electron chi connectivity index (χ2n) is 3.57. The molecule has 0 saturated heterocycles. The average Bonchev–Trinajstić information content (AvgIpc) is 2.87. The summed E-state index contributed by atoms with van der Waals surface area (Å²) in [6, 6.07) is 13.1. The normalized spacial score (nSPS) is 9.83. The molecule has 1 aromatic heterocycles. The van der Waals surface area contributed by atoms with E-state index in [1.807, 2.05) is 30.3 Å². The Labute approximate surface area is 109 Å². The van der Waals surface area contributed by atoms with Crippen LogP contribution >= 0.6 is 11.3 Å². The molecule has 1 aromatic carbocycles. The van der Waals surface area contributed by atoms with Crippen molar-refractivity contribution in [2.45, 2.75) is 0 Å². The standard InChI is InChI=1S/C13H12N2O2S/c1-9(10-5-3-2-4-6-10)14-12-8-7-11(18-12)13(16)15-17/h2-8,14,17H,1H2,(H,15,16). The second kappa shape index (κ2) is 5.48. The lowest BCUT2D eigenvalue weighted by atomic mass is 10.2. The molecule has 5 heteroatoms. The Morgan fingerprint density at radius 2 is 1.89 bits per heavy atom. The van der Waals surface area contributed by atoms with Crippen LogP contribution in [0.15, 0.2) is 49.0 Å². The summed E-state index contributed by atoms with van der Waals surface area (Å²) in [4.78, 5) is 11.6. The van der Waals surface area contributed by atoms with Gasteiger partial charge in [0, 0.05) is 5.70 Å². The van der Waals surface area contributed by atoms with Gasteiger partial charge in [0.05, 0.1) is 9.88 Å². The summed E-state index contributed by atoms with van der Waals surface area (Å²) < 4.78 is 0. The van der Waals surface area contributed by atoms with Crippen LogP contribution in [0.25, 0.3) is 5.70 Å². The third-order valence-corrected chi connectivity index (χ3v) is 3.33. The molecule has 4 nitrogen and oxygen atoms in total. The van der Waals surface area contributed by atoms with Crippen molar-refractivity contribution >= 4 is 27.9 Å². The molecule has 18 heavy (non-hydrogen) atoms. The Morgan fingerprint density at radius 3 is 2.56 bits per heavy atom. The number of nitrogens with one attached hydrogen (secondary N) is 2. The molecule has 3 N–H and O–H groups in total. The van der Waals surface area contributed by atoms with Crippen molar-refractivity contribution in [3.63, 3.8) is 0 Å². The number of hydroxylamine groups is 1. The lowest BCUT2D eigenvalue weighted by Crippen LogP contribution is -2.16. The van der Waals surface area contributed by atoms with Crippen LogP contribution in [0.4, 0.5) is 5.00 Å². The smallest absolute Gasteiger partial charge is 0.284 e. The molecule has 2 rings (SSSR count). The van der Waals surface area contributed by atoms with Crippen LogP contribution in [0.5, 0.6) is 0 Å². The highest BCUT2D eigenvalue weighted by Gasteiger charge is 2.08. The summed E-state index contributed by atoms with van der Waals surface area (Å²) in [6.07, 6.45) is 0. The monoisotopic (exact) mass is 260 g/mol. The van der Waals surface area contributed by atoms with Crippen molar-refractivity contribution in [3.8, 4) is 0 Å². The molecular weight excluding hydrogens is 248 g/mol. The number of anilines is 1. The first-order valence-electron chi connectivity index (χ1n) is 5.26. The summed E-state index contributed by atoms with van der Waals surface area (Å²) in [7, 11) is 0. The Morgan fingerprint density at radius 1 is 1.17 bits per heavy atom. The van der Waals surface area contributed by atoms with Gasteiger partial charge in [0.15, 0.2) is 0 Å². The third kappa shape index (κ3) is 2.77. The SMILES string of the molecule is C=C(Nc1ccc(C(=O)NO)s1)c1ccccc1. The predicted octanol–water partition coefficient (Wildman–Crippen LogP) is 2.95. The maximum atomic E-state index is 11.2. The zero-order valence-electron chi connectivity index (χ0n) is 9.51. The zero-order valence-corrected chi connectivity index (χ0v) is 10.3. The molecule has 0 aliphatic rings. The number of hydrogen-bond acceptors (Lipinski definition) is 4. The van der Waals surface area contributed by atoms with Crippen LogP contribution in [-0.2, 0) is 0 Å². The number of amides is 1. The van der Waals surface area contributed by atoms with Crippen LogP contribution in [0.2, 0.25) is 0 Å². The topological polar surface area (TPSA) is 61.4 Å². The van der Waals surface area contributed by atoms with Crippen molar-refractivity contribution < 1.29 is 10.0 Å². The maximum absolute atomic E-state index is 11.2. The fraction of sp³-hybridized carbons (Fsp3) is 0. The van der Waals surface area contributed by atoms with E-state index in [2.05, 4.69) is 11.9 Å². The van der Waals surface area contributed by atoms with E-state index in [-0.39, 0.29) is 0 Å². The minimum absolute atomic E-state index is 0.431. The van der Waals surface area contributed by atoms with E-state index in [4.69, 9.17) is 5.21 Å². The number of hydrogen-bond donors (Lipinski definition) is 3. The molecular formula is C13H12N2O2S. The van der Waals surface area contributed by atoms with Crippen LogP contribution in [-0.4, -0.2) is 11.1 Å². The highest BCUT2D eigenvalue weighted by Crippen LogP contribution is 2.25. The lowest BCUT2D eigenvalue weighted by molar-refractivity contribution is 0.0711. The van der Waals surface area contributed by atoms with E-state index in [9.17, 15) is 4.79 Å². The molecule has 0 unspecified atom stereocenters. The molecule has 0 aliphatic carbocycles. The Balaban J connectivity index is 2.08. The van der Waals surface area contributed by atoms with Crippen LogP contribution in [0.1, 0.15) is 15.2 Å². The van der Waals surface area contributed by atoms with E-state index in [0.717, 1.165) is 16.3 Å². The van der Waals surface area contributed by atoms with Crippen LogP contribution in [0, 0.1) is 0 Å². The van der Waals surface area contributed by atoms with Crippen LogP contribution in [0.3, 0.4) is 0 Å². The van der Waals surface area contributed by atoms with Crippen molar-refractivity contribution in [2.24, 2.45) is 0 Å². The van der Waals surface area contributed by atoms with Crippen molar-refractivity contribution in [3.05, 3.63) is 59.5 Å². The van der Waals surface area contributed by atoms with Crippen molar-refractivity contribution in [1.82, 2.24) is 5.48 Å². The summed E-state index contributed by atoms with van der Waals surface area (Å²) in [5, 5.41) is 12.4. The molecule has 0 spiro atoms. The van der Waals surface area contributed by atoms with E-state index in [0.29, 0.717) is 4.88 Å². The van der Waals surface area contributed by atoms with Gasteiger partial charge in [-0.25, -0.2) is 5.48 Å². The van der Waals surface area contributed by atoms with E-state index in [1.54, 1.807) is 17.6 Å². The second-order valence-corrected chi connectivity index (χ2v) is 4.66. The van der Waals surface area contributed by atoms with E-state index < -0.39 is 5.91 Å². The number of rotatable bonds is 4. The van der Waals surface area contributed by atoms with Gasteiger partial charge in [-0.15, -0.1) is 11.3 Å². The van der Waals surface area contributed by atoms with Gasteiger partial charge in [-0.05, 0) is 17.7 Å². The molecule has 0 fully saturated rings. The largest absolute Gasteiger partial charge is 0.347 e. The number of thiophene rings is 1. The molecule has 1 heterocycles. The number of carbonyl (C=O) groups is 1. The average molecular weight is 260 g/mol. The van der Waals surface area contributed by atoms with Crippen LogP contribution < -0.4 is 10.8 Å². The van der Waals surface area contributed by atoms with Gasteiger partial charge in [0.25, 0.3) is 5.91 Å². The zero-order chi connectivity index (χ0) is 13.0. The van der Waals surface area contributed by atoms with Crippen molar-refractivity contribution in [1.29, 1.82) is 0 Å². The van der Waals surface area contributed by atoms with Crippen molar-refractivity contribution in [2.75, 3.05) is 5.32 Å². The number of carbonyl (C=O) groups excluding carboxylic acids is 1. The van der Waals surface area contributed by atoms with E-state index >= 15 is 0 Å². The third-order valence-electron chi connectivity index (χ3n) is 2.33. The summed E-state index contributed by atoms with van der Waals surface area (Å²) in [6.45, 7) is 3.94. The Hall–Kier alpha value is -2.11. The molecule has 0 aliphatic heterocycles. The van der Waals surface area contributed by atoms with Gasteiger partial charge in [-0.1, -0.05) is 36.9 Å². The Kier molecular flexibility index (Phi) is 3.76. The molecule has 0 atom stereocenters. The first kappa shape index (κ1) is 12.3. The number of benzene rings is 1. The Bertz CT molecular complexity index is 563. The molecule has 1 amide bonds. The minimum Gasteiger partial charge on any atom is -0.347 e. The fourth-order valence-corrected chi connectivity index (χ4v) is 2.26. The molecule has 2 aromatic rings. The maximum Gasteiger partial charge on any atom is 0.284 e. The quantitative estimate of drug-likeness (QED) is 0.585. The summed E-state index contributed by atoms with van der Waals surface area (Å²) in [5.74, 6) is -0.515. The molecule has 92 valence electrons. The fourth-order valence-electron chi connectivity index (χ4n) is 1.44. The molecule has 0 bridgehead atoms. The van der Waals surface area contributed by atoms with Gasteiger partial charge in [-0.3, -0.25) is 10.0 Å². The van der Waals surface area contributed by atoms with Gasteiger partial charge >= 0.3 is 0 Å². The highest BCUT2D eigenvalue weighted by atomic mass is 32.1. The molecule has 0 saturated carbocycles. The first-order chi connectivity index (χ1) is 8.70. The van der Waals surface area contributed by atoms with Gasteiger partial charge in [0.2, 0.25) is 0 Å². The molecule has 0 radical (unpaired) electrons. The summed E-state index contributed by atoms with van der Waals surface area (Å²) in [5.41, 5.74) is 3.34. The first-order valence-corrected chi connectivity index (χ1v) is 6.08.